The van der Waals surface area contributed by atoms with Crippen LogP contribution in [0.25, 0.3) is 0 Å². The van der Waals surface area contributed by atoms with Crippen molar-refractivity contribution in [2.24, 2.45) is 0 Å². The third-order valence-electron chi connectivity index (χ3n) is 5.12. The lowest BCUT2D eigenvalue weighted by atomic mass is 9.93. The van der Waals surface area contributed by atoms with Crippen LogP contribution in [0.4, 0.5) is 0 Å². The van der Waals surface area contributed by atoms with Gasteiger partial charge in [0.2, 0.25) is 11.8 Å². The summed E-state index contributed by atoms with van der Waals surface area (Å²) >= 11 is 1.73. The largest absolute Gasteiger partial charge is 0.469 e. The molecule has 5 nitrogen and oxygen atoms in total. The summed E-state index contributed by atoms with van der Waals surface area (Å²) in [4.78, 5) is 26.5. The van der Waals surface area contributed by atoms with Gasteiger partial charge in [-0.25, -0.2) is 0 Å². The van der Waals surface area contributed by atoms with E-state index in [1.165, 1.54) is 0 Å². The highest BCUT2D eigenvalue weighted by molar-refractivity contribution is 8.01. The Kier molecular flexibility index (Phi) is 3.25. The van der Waals surface area contributed by atoms with E-state index in [0.29, 0.717) is 12.2 Å². The van der Waals surface area contributed by atoms with Gasteiger partial charge in [0.25, 0.3) is 0 Å². The van der Waals surface area contributed by atoms with Crippen LogP contribution < -0.4 is 5.32 Å². The maximum absolute atomic E-state index is 12.7. The monoisotopic (exact) mass is 320 g/mol. The number of thioether (sulfide) groups is 1. The fourth-order valence-corrected chi connectivity index (χ4v) is 5.35. The van der Waals surface area contributed by atoms with E-state index in [1.54, 1.807) is 18.0 Å². The van der Waals surface area contributed by atoms with Crippen molar-refractivity contribution in [3.05, 3.63) is 23.7 Å². The summed E-state index contributed by atoms with van der Waals surface area (Å²) in [6, 6.07) is 1.64. The molecule has 4 rings (SSSR count). The minimum absolute atomic E-state index is 0.0181. The SMILES string of the molecule is C[C@]12CCC(=O)N1[C@@H](C(=O)N[C@@H]1CCCc3occc31)CS2. The molecule has 2 amide bonds. The van der Waals surface area contributed by atoms with E-state index < -0.39 is 0 Å². The van der Waals surface area contributed by atoms with Crippen LogP contribution in [-0.2, 0) is 16.0 Å². The molecule has 118 valence electrons. The Bertz CT molecular complexity index is 629. The molecule has 22 heavy (non-hydrogen) atoms. The molecule has 2 fully saturated rings. The van der Waals surface area contributed by atoms with Crippen LogP contribution in [0.15, 0.2) is 16.7 Å². The predicted octanol–water partition coefficient (Wildman–Crippen LogP) is 2.23. The molecule has 3 aliphatic rings. The number of rotatable bonds is 2. The second-order valence-corrected chi connectivity index (χ2v) is 8.02. The van der Waals surface area contributed by atoms with Gasteiger partial charge in [-0.1, -0.05) is 0 Å². The predicted molar refractivity (Wildman–Crippen MR) is 83.3 cm³/mol. The first kappa shape index (κ1) is 14.2. The Morgan fingerprint density at radius 3 is 3.23 bits per heavy atom. The van der Waals surface area contributed by atoms with Gasteiger partial charge in [0.15, 0.2) is 0 Å². The second kappa shape index (κ2) is 5.05. The van der Waals surface area contributed by atoms with E-state index >= 15 is 0 Å². The number of carbonyl (C=O) groups excluding carboxylic acids is 2. The highest BCUT2D eigenvalue weighted by atomic mass is 32.2. The summed E-state index contributed by atoms with van der Waals surface area (Å²) in [5.74, 6) is 1.77. The maximum Gasteiger partial charge on any atom is 0.244 e. The third-order valence-corrected chi connectivity index (χ3v) is 6.62. The average Bonchev–Trinajstić information content (AvgIpc) is 3.16. The molecule has 2 aliphatic heterocycles. The van der Waals surface area contributed by atoms with E-state index in [1.807, 2.05) is 11.0 Å². The number of aryl methyl sites for hydroxylation is 1. The maximum atomic E-state index is 12.7. The number of hydrogen-bond acceptors (Lipinski definition) is 4. The van der Waals surface area contributed by atoms with Gasteiger partial charge in [-0.2, -0.15) is 0 Å². The number of nitrogens with one attached hydrogen (secondary N) is 1. The van der Waals surface area contributed by atoms with Crippen LogP contribution in [0.3, 0.4) is 0 Å². The molecular formula is C16H20N2O3S. The quantitative estimate of drug-likeness (QED) is 0.907. The molecule has 1 aromatic rings. The van der Waals surface area contributed by atoms with E-state index in [-0.39, 0.29) is 28.8 Å². The zero-order chi connectivity index (χ0) is 15.3. The van der Waals surface area contributed by atoms with Crippen LogP contribution in [0, 0.1) is 0 Å². The fraction of sp³-hybridized carbons (Fsp3) is 0.625. The topological polar surface area (TPSA) is 62.6 Å². The third kappa shape index (κ3) is 2.07. The van der Waals surface area contributed by atoms with Gasteiger partial charge >= 0.3 is 0 Å². The standard InChI is InChI=1S/C16H20N2O3S/c1-16-7-5-14(19)18(16)12(9-22-16)15(20)17-11-3-2-4-13-10(11)6-8-21-13/h6,8,11-12H,2-5,7,9H2,1H3,(H,17,20)/t11-,12-,16+/m1/s1. The minimum Gasteiger partial charge on any atom is -0.469 e. The van der Waals surface area contributed by atoms with Crippen molar-refractivity contribution in [1.82, 2.24) is 10.2 Å². The van der Waals surface area contributed by atoms with Crippen LogP contribution in [0.2, 0.25) is 0 Å². The van der Waals surface area contributed by atoms with Gasteiger partial charge in [0.05, 0.1) is 17.2 Å². The van der Waals surface area contributed by atoms with E-state index in [9.17, 15) is 9.59 Å². The lowest BCUT2D eigenvalue weighted by Crippen LogP contribution is -2.50. The molecule has 0 saturated carbocycles. The van der Waals surface area contributed by atoms with Crippen molar-refractivity contribution >= 4 is 23.6 Å². The van der Waals surface area contributed by atoms with Crippen LogP contribution in [-0.4, -0.2) is 33.4 Å². The number of carbonyl (C=O) groups is 2. The Morgan fingerprint density at radius 2 is 2.36 bits per heavy atom. The van der Waals surface area contributed by atoms with Gasteiger partial charge in [0.1, 0.15) is 11.8 Å². The minimum atomic E-state index is -0.331. The summed E-state index contributed by atoms with van der Waals surface area (Å²) in [5.41, 5.74) is 1.10. The average molecular weight is 320 g/mol. The number of nitrogens with zero attached hydrogens (tertiary/aromatic N) is 1. The summed E-state index contributed by atoms with van der Waals surface area (Å²) in [7, 11) is 0. The molecule has 0 aromatic carbocycles. The Hall–Kier alpha value is -1.43. The van der Waals surface area contributed by atoms with Crippen molar-refractivity contribution in [3.8, 4) is 0 Å². The van der Waals surface area contributed by atoms with Crippen molar-refractivity contribution in [3.63, 3.8) is 0 Å². The molecule has 2 saturated heterocycles. The van der Waals surface area contributed by atoms with Gasteiger partial charge in [-0.05, 0) is 32.3 Å². The van der Waals surface area contributed by atoms with Gasteiger partial charge < -0.3 is 14.6 Å². The zero-order valence-electron chi connectivity index (χ0n) is 12.6. The summed E-state index contributed by atoms with van der Waals surface area (Å²) in [5, 5.41) is 3.15. The van der Waals surface area contributed by atoms with Crippen molar-refractivity contribution in [1.29, 1.82) is 0 Å². The molecule has 3 atom stereocenters. The smallest absolute Gasteiger partial charge is 0.244 e. The second-order valence-electron chi connectivity index (χ2n) is 6.52. The molecule has 0 radical (unpaired) electrons. The molecule has 0 unspecified atom stereocenters. The van der Waals surface area contributed by atoms with Crippen LogP contribution in [0.5, 0.6) is 0 Å². The number of furan rings is 1. The summed E-state index contributed by atoms with van der Waals surface area (Å²) in [6.07, 6.45) is 5.99. The molecule has 1 aliphatic carbocycles. The number of fused-ring (bicyclic) bond motifs is 2. The Labute approximate surface area is 133 Å². The lowest BCUT2D eigenvalue weighted by molar-refractivity contribution is -0.138. The highest BCUT2D eigenvalue weighted by Gasteiger charge is 2.53. The molecule has 3 heterocycles. The first-order valence-electron chi connectivity index (χ1n) is 7.91. The summed E-state index contributed by atoms with van der Waals surface area (Å²) in [6.45, 7) is 2.07. The van der Waals surface area contributed by atoms with Crippen LogP contribution >= 0.6 is 11.8 Å². The van der Waals surface area contributed by atoms with Crippen LogP contribution in [0.1, 0.15) is 50.0 Å². The number of amides is 2. The first-order chi connectivity index (χ1) is 10.6. The van der Waals surface area contributed by atoms with E-state index in [2.05, 4.69) is 12.2 Å². The summed E-state index contributed by atoms with van der Waals surface area (Å²) < 4.78 is 5.48. The van der Waals surface area contributed by atoms with Gasteiger partial charge in [-0.15, -0.1) is 11.8 Å². The molecular weight excluding hydrogens is 300 g/mol. The highest BCUT2D eigenvalue weighted by Crippen LogP contribution is 2.47. The van der Waals surface area contributed by atoms with Crippen molar-refractivity contribution in [2.75, 3.05) is 5.75 Å². The Morgan fingerprint density at radius 1 is 1.50 bits per heavy atom. The Balaban J connectivity index is 1.51. The molecule has 0 spiro atoms. The van der Waals surface area contributed by atoms with Crippen molar-refractivity contribution < 1.29 is 14.0 Å². The zero-order valence-corrected chi connectivity index (χ0v) is 13.4. The van der Waals surface area contributed by atoms with Gasteiger partial charge in [-0.3, -0.25) is 9.59 Å². The van der Waals surface area contributed by atoms with E-state index in [4.69, 9.17) is 4.42 Å². The van der Waals surface area contributed by atoms with Crippen molar-refractivity contribution in [2.45, 2.75) is 56.0 Å². The lowest BCUT2D eigenvalue weighted by Gasteiger charge is -2.31. The molecule has 6 heteroatoms. The van der Waals surface area contributed by atoms with E-state index in [0.717, 1.165) is 37.0 Å². The normalized spacial score (nSPS) is 33.7. The molecule has 0 bridgehead atoms. The van der Waals surface area contributed by atoms with Gasteiger partial charge in [0, 0.05) is 24.2 Å². The molecule has 1 N–H and O–H groups in total. The number of hydrogen-bond donors (Lipinski definition) is 1. The fourth-order valence-electron chi connectivity index (χ4n) is 3.92. The molecule has 1 aromatic heterocycles. The first-order valence-corrected chi connectivity index (χ1v) is 8.90.